The maximum Gasteiger partial charge on any atom is 0.278 e. The van der Waals surface area contributed by atoms with Gasteiger partial charge in [-0.25, -0.2) is 0 Å². The largest absolute Gasteiger partial charge is 0.502 e. The van der Waals surface area contributed by atoms with Crippen LogP contribution < -0.4 is 4.57 Å². The van der Waals surface area contributed by atoms with Gasteiger partial charge in [-0.05, 0) is 5.75 Å². The molecule has 2 rings (SSSR count). The normalized spacial score (nSPS) is 11.8. The van der Waals surface area contributed by atoms with E-state index in [0.717, 1.165) is 11.3 Å². The lowest BCUT2D eigenvalue weighted by molar-refractivity contribution is -0.575. The van der Waals surface area contributed by atoms with E-state index in [2.05, 4.69) is 0 Å². The van der Waals surface area contributed by atoms with Crippen molar-refractivity contribution in [1.82, 2.24) is 0 Å². The van der Waals surface area contributed by atoms with Gasteiger partial charge in [0.2, 0.25) is 0 Å². The SMILES string of the molecule is CCSC(=S)/C(=C(\O)c1ccccc1)[n+]1ccccc1. The second-order valence-electron chi connectivity index (χ2n) is 4.07. The molecule has 0 aliphatic rings. The fraction of sp³-hybridized carbons (Fsp3) is 0.125. The van der Waals surface area contributed by atoms with Gasteiger partial charge in [-0.15, -0.1) is 11.8 Å². The quantitative estimate of drug-likeness (QED) is 0.401. The van der Waals surface area contributed by atoms with Crippen LogP contribution >= 0.6 is 24.0 Å². The van der Waals surface area contributed by atoms with Crippen LogP contribution in [0.25, 0.3) is 11.5 Å². The second-order valence-corrected chi connectivity index (χ2v) is 6.01. The number of thiocarbonyl (C=S) groups is 1. The molecule has 0 fully saturated rings. The molecule has 0 bridgehead atoms. The van der Waals surface area contributed by atoms with Crippen LogP contribution in [0.5, 0.6) is 0 Å². The lowest BCUT2D eigenvalue weighted by Gasteiger charge is -2.06. The van der Waals surface area contributed by atoms with Gasteiger partial charge in [0.1, 0.15) is 4.20 Å². The Morgan fingerprint density at radius 3 is 2.30 bits per heavy atom. The topological polar surface area (TPSA) is 24.1 Å². The minimum Gasteiger partial charge on any atom is -0.502 e. The molecule has 0 unspecified atom stereocenters. The summed E-state index contributed by atoms with van der Waals surface area (Å²) in [6.07, 6.45) is 3.77. The van der Waals surface area contributed by atoms with Gasteiger partial charge in [0.05, 0.1) is 0 Å². The molecule has 102 valence electrons. The zero-order chi connectivity index (χ0) is 14.4. The Balaban J connectivity index is 2.54. The highest BCUT2D eigenvalue weighted by Gasteiger charge is 2.22. The van der Waals surface area contributed by atoms with Gasteiger partial charge >= 0.3 is 0 Å². The molecule has 0 aliphatic carbocycles. The number of benzene rings is 1. The van der Waals surface area contributed by atoms with Gasteiger partial charge in [-0.3, -0.25) is 0 Å². The molecule has 0 aliphatic heterocycles. The molecule has 0 saturated carbocycles. The van der Waals surface area contributed by atoms with Crippen molar-refractivity contribution in [2.75, 3.05) is 5.75 Å². The first kappa shape index (κ1) is 14.8. The Kier molecular flexibility index (Phi) is 5.32. The summed E-state index contributed by atoms with van der Waals surface area (Å²) in [5.74, 6) is 1.07. The van der Waals surface area contributed by atoms with E-state index in [4.69, 9.17) is 12.2 Å². The van der Waals surface area contributed by atoms with Crippen LogP contribution in [0.2, 0.25) is 0 Å². The van der Waals surface area contributed by atoms with Crippen LogP contribution in [0.3, 0.4) is 0 Å². The van der Waals surface area contributed by atoms with Crippen molar-refractivity contribution in [1.29, 1.82) is 0 Å². The summed E-state index contributed by atoms with van der Waals surface area (Å²) in [7, 11) is 0. The van der Waals surface area contributed by atoms with Crippen LogP contribution in [0, 0.1) is 0 Å². The van der Waals surface area contributed by atoms with Gasteiger partial charge in [-0.2, -0.15) is 4.57 Å². The number of aliphatic hydroxyl groups is 1. The first-order valence-corrected chi connectivity index (χ1v) is 7.76. The molecular formula is C16H16NOS2+. The molecule has 1 N–H and O–H groups in total. The van der Waals surface area contributed by atoms with Crippen LogP contribution in [0.1, 0.15) is 12.5 Å². The number of rotatable bonds is 4. The molecule has 1 aromatic carbocycles. The number of aliphatic hydroxyl groups excluding tert-OH is 1. The third kappa shape index (κ3) is 3.46. The van der Waals surface area contributed by atoms with E-state index in [-0.39, 0.29) is 5.76 Å². The summed E-state index contributed by atoms with van der Waals surface area (Å²) < 4.78 is 2.54. The van der Waals surface area contributed by atoms with Crippen molar-refractivity contribution in [3.05, 3.63) is 66.5 Å². The molecule has 2 aromatic rings. The molecule has 0 spiro atoms. The van der Waals surface area contributed by atoms with Crippen molar-refractivity contribution in [2.24, 2.45) is 0 Å². The smallest absolute Gasteiger partial charge is 0.278 e. The van der Waals surface area contributed by atoms with E-state index in [9.17, 15) is 5.11 Å². The monoisotopic (exact) mass is 302 g/mol. The molecule has 0 atom stereocenters. The minimum atomic E-state index is 0.202. The van der Waals surface area contributed by atoms with Crippen molar-refractivity contribution in [2.45, 2.75) is 6.92 Å². The predicted molar refractivity (Wildman–Crippen MR) is 89.5 cm³/mol. The molecule has 1 aromatic heterocycles. The molecule has 0 radical (unpaired) electrons. The Labute approximate surface area is 128 Å². The number of thioether (sulfide) groups is 1. The van der Waals surface area contributed by atoms with Crippen molar-refractivity contribution in [3.63, 3.8) is 0 Å². The third-order valence-corrected chi connectivity index (χ3v) is 4.01. The van der Waals surface area contributed by atoms with Gasteiger partial charge in [-0.1, -0.05) is 55.5 Å². The molecule has 20 heavy (non-hydrogen) atoms. The van der Waals surface area contributed by atoms with Crippen LogP contribution in [0.4, 0.5) is 0 Å². The minimum absolute atomic E-state index is 0.202. The number of pyridine rings is 1. The third-order valence-electron chi connectivity index (χ3n) is 2.71. The molecule has 2 nitrogen and oxygen atoms in total. The summed E-state index contributed by atoms with van der Waals surface area (Å²) in [5.41, 5.74) is 1.41. The van der Waals surface area contributed by atoms with Crippen molar-refractivity contribution >= 4 is 39.6 Å². The Bertz CT molecular complexity index is 609. The summed E-state index contributed by atoms with van der Waals surface area (Å²) in [4.78, 5) is 0. The predicted octanol–water partition coefficient (Wildman–Crippen LogP) is 3.94. The summed E-state index contributed by atoms with van der Waals surface area (Å²) in [6.45, 7) is 2.05. The van der Waals surface area contributed by atoms with Crippen molar-refractivity contribution in [3.8, 4) is 0 Å². The molecule has 0 saturated heterocycles. The van der Waals surface area contributed by atoms with Crippen LogP contribution in [-0.4, -0.2) is 15.1 Å². The lowest BCUT2D eigenvalue weighted by atomic mass is 10.1. The van der Waals surface area contributed by atoms with E-state index in [1.54, 1.807) is 11.8 Å². The van der Waals surface area contributed by atoms with E-state index in [0.29, 0.717) is 9.89 Å². The Morgan fingerprint density at radius 2 is 1.70 bits per heavy atom. The highest BCUT2D eigenvalue weighted by Crippen LogP contribution is 2.21. The Morgan fingerprint density at radius 1 is 1.10 bits per heavy atom. The van der Waals surface area contributed by atoms with Gasteiger partial charge in [0.15, 0.2) is 18.2 Å². The fourth-order valence-corrected chi connectivity index (χ4v) is 2.96. The molecule has 4 heteroatoms. The zero-order valence-corrected chi connectivity index (χ0v) is 12.8. The maximum atomic E-state index is 10.6. The van der Waals surface area contributed by atoms with Crippen LogP contribution in [-0.2, 0) is 0 Å². The van der Waals surface area contributed by atoms with Gasteiger partial charge < -0.3 is 5.11 Å². The standard InChI is InChI=1S/C16H15NOS2/c1-2-20-16(19)14(17-11-7-4-8-12-17)15(18)13-9-5-3-6-10-13/h3-12H,2H2,1H3/p+1. The lowest BCUT2D eigenvalue weighted by Crippen LogP contribution is -2.35. The van der Waals surface area contributed by atoms with E-state index in [1.807, 2.05) is 72.4 Å². The zero-order valence-electron chi connectivity index (χ0n) is 11.2. The highest BCUT2D eigenvalue weighted by atomic mass is 32.2. The maximum absolute atomic E-state index is 10.6. The fourth-order valence-electron chi connectivity index (χ4n) is 1.80. The molecule has 0 amide bonds. The second kappa shape index (κ2) is 7.22. The number of hydrogen-bond donors (Lipinski definition) is 1. The first-order chi connectivity index (χ1) is 9.74. The summed E-state index contributed by atoms with van der Waals surface area (Å²) in [5, 5.41) is 10.6. The number of nitrogens with zero attached hydrogens (tertiary/aromatic N) is 1. The van der Waals surface area contributed by atoms with Gasteiger partial charge in [0.25, 0.3) is 5.70 Å². The van der Waals surface area contributed by atoms with E-state index < -0.39 is 0 Å². The summed E-state index contributed by atoms with van der Waals surface area (Å²) >= 11 is 7.01. The van der Waals surface area contributed by atoms with Crippen LogP contribution in [0.15, 0.2) is 60.9 Å². The first-order valence-electron chi connectivity index (χ1n) is 6.36. The number of hydrogen-bond acceptors (Lipinski definition) is 3. The average molecular weight is 302 g/mol. The molecular weight excluding hydrogens is 286 g/mol. The Hall–Kier alpha value is -1.65. The van der Waals surface area contributed by atoms with E-state index in [1.165, 1.54) is 0 Å². The molecule has 1 heterocycles. The van der Waals surface area contributed by atoms with Gasteiger partial charge in [0, 0.05) is 17.7 Å². The van der Waals surface area contributed by atoms with E-state index >= 15 is 0 Å². The van der Waals surface area contributed by atoms with Crippen molar-refractivity contribution < 1.29 is 9.67 Å². The average Bonchev–Trinajstić information content (AvgIpc) is 2.50. The number of aromatic nitrogens is 1. The summed E-state index contributed by atoms with van der Waals surface area (Å²) in [6, 6.07) is 15.2. The highest BCUT2D eigenvalue weighted by molar-refractivity contribution is 8.24.